The molecule has 2 aromatic heterocycles. The number of para-hydroxylation sites is 1. The summed E-state index contributed by atoms with van der Waals surface area (Å²) in [5.74, 6) is 1.08. The van der Waals surface area contributed by atoms with E-state index < -0.39 is 12.1 Å². The maximum absolute atomic E-state index is 13.8. The number of rotatable bonds is 7. The molecule has 0 N–H and O–H groups in total. The monoisotopic (exact) mass is 547 g/mol. The number of benzene rings is 4. The summed E-state index contributed by atoms with van der Waals surface area (Å²) in [4.78, 5) is 30.7. The highest BCUT2D eigenvalue weighted by atomic mass is 16.6. The number of hydrogen-bond acceptors (Lipinski definition) is 8. The molecule has 9 heteroatoms. The highest BCUT2D eigenvalue weighted by Gasteiger charge is 2.20. The van der Waals surface area contributed by atoms with E-state index in [1.165, 1.54) is 18.0 Å². The van der Waals surface area contributed by atoms with Crippen molar-refractivity contribution < 1.29 is 23.4 Å². The minimum Gasteiger partial charge on any atom is -0.496 e. The molecule has 0 unspecified atom stereocenters. The first-order chi connectivity index (χ1) is 20.0. The van der Waals surface area contributed by atoms with Crippen molar-refractivity contribution in [1.82, 2.24) is 9.66 Å². The highest BCUT2D eigenvalue weighted by molar-refractivity contribution is 6.02. The van der Waals surface area contributed by atoms with E-state index in [2.05, 4.69) is 5.10 Å². The van der Waals surface area contributed by atoms with Crippen LogP contribution < -0.4 is 15.0 Å². The van der Waals surface area contributed by atoms with Crippen LogP contribution in [0.25, 0.3) is 44.2 Å². The van der Waals surface area contributed by atoms with Crippen LogP contribution in [0.15, 0.2) is 99.2 Å². The van der Waals surface area contributed by atoms with Crippen LogP contribution in [-0.2, 0) is 9.53 Å². The van der Waals surface area contributed by atoms with E-state index in [9.17, 15) is 9.59 Å². The van der Waals surface area contributed by atoms with Gasteiger partial charge < -0.3 is 18.6 Å². The topological polar surface area (TPSA) is 105 Å². The maximum Gasteiger partial charge on any atom is 0.346 e. The third-order valence-electron chi connectivity index (χ3n) is 6.79. The van der Waals surface area contributed by atoms with Crippen LogP contribution in [0.4, 0.5) is 0 Å². The van der Waals surface area contributed by atoms with Crippen molar-refractivity contribution in [1.29, 1.82) is 0 Å². The van der Waals surface area contributed by atoms with Crippen LogP contribution >= 0.6 is 0 Å². The Labute approximate surface area is 234 Å². The van der Waals surface area contributed by atoms with Crippen molar-refractivity contribution in [3.63, 3.8) is 0 Å². The smallest absolute Gasteiger partial charge is 0.346 e. The second kappa shape index (κ2) is 10.6. The SMILES string of the molecule is COC(=O)[C@H](C)Oc1ccc2ccccc2c1C=Nn1c(-c2cc3c(OC)cccc3o2)nc2ccccc2c1=O. The second-order valence-electron chi connectivity index (χ2n) is 9.28. The molecule has 0 amide bonds. The van der Waals surface area contributed by atoms with E-state index in [1.54, 1.807) is 44.4 Å². The Balaban J connectivity index is 1.56. The van der Waals surface area contributed by atoms with Crippen molar-refractivity contribution in [2.45, 2.75) is 13.0 Å². The fourth-order valence-electron chi connectivity index (χ4n) is 4.74. The minimum absolute atomic E-state index is 0.217. The number of hydrogen-bond donors (Lipinski definition) is 0. The average Bonchev–Trinajstić information content (AvgIpc) is 3.45. The molecule has 0 spiro atoms. The second-order valence-corrected chi connectivity index (χ2v) is 9.28. The van der Waals surface area contributed by atoms with Gasteiger partial charge in [-0.3, -0.25) is 4.79 Å². The Morgan fingerprint density at radius 3 is 2.51 bits per heavy atom. The molecule has 0 saturated carbocycles. The molecule has 2 heterocycles. The van der Waals surface area contributed by atoms with E-state index in [-0.39, 0.29) is 11.4 Å². The Kier molecular flexibility index (Phi) is 6.68. The maximum atomic E-state index is 13.8. The van der Waals surface area contributed by atoms with Gasteiger partial charge in [0.05, 0.1) is 36.7 Å². The summed E-state index contributed by atoms with van der Waals surface area (Å²) in [6.07, 6.45) is 0.672. The molecule has 0 bridgehead atoms. The summed E-state index contributed by atoms with van der Waals surface area (Å²) in [6.45, 7) is 1.60. The van der Waals surface area contributed by atoms with E-state index in [0.717, 1.165) is 16.2 Å². The first-order valence-electron chi connectivity index (χ1n) is 12.9. The lowest BCUT2D eigenvalue weighted by Crippen LogP contribution is -2.25. The van der Waals surface area contributed by atoms with Crippen molar-refractivity contribution in [2.24, 2.45) is 5.10 Å². The fourth-order valence-corrected chi connectivity index (χ4v) is 4.74. The summed E-state index contributed by atoms with van der Waals surface area (Å²) in [5, 5.41) is 7.52. The van der Waals surface area contributed by atoms with Crippen molar-refractivity contribution >= 4 is 44.8 Å². The van der Waals surface area contributed by atoms with Gasteiger partial charge in [-0.25, -0.2) is 9.78 Å². The van der Waals surface area contributed by atoms with Gasteiger partial charge in [-0.2, -0.15) is 9.78 Å². The van der Waals surface area contributed by atoms with Gasteiger partial charge in [0.2, 0.25) is 5.82 Å². The predicted molar refractivity (Wildman–Crippen MR) is 157 cm³/mol. The summed E-state index contributed by atoms with van der Waals surface area (Å²) in [5.41, 5.74) is 1.29. The Hall–Kier alpha value is -5.44. The van der Waals surface area contributed by atoms with Gasteiger partial charge in [0.25, 0.3) is 5.56 Å². The molecule has 0 radical (unpaired) electrons. The van der Waals surface area contributed by atoms with Crippen LogP contribution in [0.2, 0.25) is 0 Å². The largest absolute Gasteiger partial charge is 0.496 e. The number of fused-ring (bicyclic) bond motifs is 3. The van der Waals surface area contributed by atoms with E-state index in [4.69, 9.17) is 23.6 Å². The number of esters is 1. The van der Waals surface area contributed by atoms with Gasteiger partial charge in [0.15, 0.2) is 11.9 Å². The number of furan rings is 1. The van der Waals surface area contributed by atoms with Gasteiger partial charge in [-0.15, -0.1) is 0 Å². The average molecular weight is 548 g/mol. The van der Waals surface area contributed by atoms with E-state index in [1.807, 2.05) is 54.6 Å². The quantitative estimate of drug-likeness (QED) is 0.184. The first-order valence-corrected chi connectivity index (χ1v) is 12.9. The zero-order chi connectivity index (χ0) is 28.5. The number of nitrogens with zero attached hydrogens (tertiary/aromatic N) is 3. The third-order valence-corrected chi connectivity index (χ3v) is 6.79. The summed E-state index contributed by atoms with van der Waals surface area (Å²) in [7, 11) is 2.89. The summed E-state index contributed by atoms with van der Waals surface area (Å²) >= 11 is 0. The van der Waals surface area contributed by atoms with Gasteiger partial charge in [-0.1, -0.05) is 48.5 Å². The van der Waals surface area contributed by atoms with Gasteiger partial charge in [0, 0.05) is 5.56 Å². The molecule has 0 aliphatic rings. The molecule has 9 nitrogen and oxygen atoms in total. The molecule has 0 saturated heterocycles. The van der Waals surface area contributed by atoms with Gasteiger partial charge >= 0.3 is 5.97 Å². The molecule has 6 rings (SSSR count). The molecule has 4 aromatic carbocycles. The molecular weight excluding hydrogens is 522 g/mol. The number of carbonyl (C=O) groups excluding carboxylic acids is 1. The predicted octanol–water partition coefficient (Wildman–Crippen LogP) is 5.79. The minimum atomic E-state index is -0.862. The fraction of sp³-hybridized carbons (Fsp3) is 0.125. The van der Waals surface area contributed by atoms with Crippen molar-refractivity contribution in [3.8, 4) is 23.1 Å². The lowest BCUT2D eigenvalue weighted by Gasteiger charge is -2.16. The van der Waals surface area contributed by atoms with Crippen molar-refractivity contribution in [3.05, 3.63) is 101 Å². The lowest BCUT2D eigenvalue weighted by atomic mass is 10.0. The molecule has 0 fully saturated rings. The number of methoxy groups -OCH3 is 2. The molecule has 204 valence electrons. The van der Waals surface area contributed by atoms with Gasteiger partial charge in [-0.05, 0) is 54.1 Å². The van der Waals surface area contributed by atoms with Crippen LogP contribution in [-0.4, -0.2) is 42.2 Å². The lowest BCUT2D eigenvalue weighted by molar-refractivity contribution is -0.147. The molecule has 0 aliphatic heterocycles. The molecule has 41 heavy (non-hydrogen) atoms. The molecular formula is C32H25N3O6. The van der Waals surface area contributed by atoms with Gasteiger partial charge in [0.1, 0.15) is 17.1 Å². The standard InChI is InChI=1S/C32H25N3O6/c1-19(32(37)39-3)40-28-16-15-20-9-4-5-10-21(20)24(28)18-33-35-30(34-25-12-7-6-11-22(25)31(35)36)29-17-23-26(38-2)13-8-14-27(23)41-29/h4-19H,1-3H3/t19-/m0/s1. The Morgan fingerprint density at radius 1 is 0.927 bits per heavy atom. The summed E-state index contributed by atoms with van der Waals surface area (Å²) < 4.78 is 23.6. The van der Waals surface area contributed by atoms with Crippen molar-refractivity contribution in [2.75, 3.05) is 14.2 Å². The van der Waals surface area contributed by atoms with Crippen LogP contribution in [0.1, 0.15) is 12.5 Å². The molecule has 0 aliphatic carbocycles. The highest BCUT2D eigenvalue weighted by Crippen LogP contribution is 2.33. The van der Waals surface area contributed by atoms with E-state index >= 15 is 0 Å². The normalized spacial score (nSPS) is 12.3. The first kappa shape index (κ1) is 25.8. The van der Waals surface area contributed by atoms with E-state index in [0.29, 0.717) is 39.3 Å². The number of aromatic nitrogens is 2. The molecule has 6 aromatic rings. The number of ether oxygens (including phenoxy) is 3. The number of carbonyl (C=O) groups is 1. The Morgan fingerprint density at radius 2 is 1.71 bits per heavy atom. The zero-order valence-corrected chi connectivity index (χ0v) is 22.5. The molecule has 1 atom stereocenters. The zero-order valence-electron chi connectivity index (χ0n) is 22.5. The van der Waals surface area contributed by atoms with Crippen LogP contribution in [0, 0.1) is 0 Å². The van der Waals surface area contributed by atoms with Crippen LogP contribution in [0.3, 0.4) is 0 Å². The van der Waals surface area contributed by atoms with Crippen LogP contribution in [0.5, 0.6) is 11.5 Å². The third kappa shape index (κ3) is 4.67. The Bertz CT molecular complexity index is 2020. The summed E-state index contributed by atoms with van der Waals surface area (Å²) in [6, 6.07) is 25.6.